The van der Waals surface area contributed by atoms with Crippen LogP contribution in [0.3, 0.4) is 0 Å². The molecule has 1 aromatic heterocycles. The first kappa shape index (κ1) is 26.4. The fourth-order valence-corrected chi connectivity index (χ4v) is 6.36. The van der Waals surface area contributed by atoms with Crippen molar-refractivity contribution in [3.05, 3.63) is 110 Å². The summed E-state index contributed by atoms with van der Waals surface area (Å²) in [5.74, 6) is 0.615. The number of halogens is 2. The highest BCUT2D eigenvalue weighted by Gasteiger charge is 2.24. The third-order valence-corrected chi connectivity index (χ3v) is 8.12. The number of benzene rings is 2. The van der Waals surface area contributed by atoms with Crippen LogP contribution < -0.4 is 4.74 Å². The number of carboxylic acid groups (broad SMARTS) is 1. The molecule has 1 unspecified atom stereocenters. The van der Waals surface area contributed by atoms with E-state index in [9.17, 15) is 9.90 Å². The van der Waals surface area contributed by atoms with E-state index in [1.165, 1.54) is 0 Å². The number of rotatable bonds is 7. The van der Waals surface area contributed by atoms with E-state index in [2.05, 4.69) is 17.3 Å². The Morgan fingerprint density at radius 2 is 1.92 bits per heavy atom. The van der Waals surface area contributed by atoms with Crippen molar-refractivity contribution >= 4 is 45.8 Å². The van der Waals surface area contributed by atoms with Crippen LogP contribution in [0.5, 0.6) is 5.75 Å². The smallest absolute Gasteiger partial charge is 0.335 e. The number of carboxylic acids is 1. The van der Waals surface area contributed by atoms with Gasteiger partial charge >= 0.3 is 5.97 Å². The number of aliphatic carboxylic acids is 1. The lowest BCUT2D eigenvalue weighted by atomic mass is 10.0. The molecule has 38 heavy (non-hydrogen) atoms. The van der Waals surface area contributed by atoms with E-state index < -0.39 is 5.97 Å². The van der Waals surface area contributed by atoms with E-state index in [1.807, 2.05) is 45.0 Å². The molecule has 194 valence electrons. The van der Waals surface area contributed by atoms with E-state index in [4.69, 9.17) is 32.5 Å². The summed E-state index contributed by atoms with van der Waals surface area (Å²) < 4.78 is 11.9. The molecule has 0 radical (unpaired) electrons. The third kappa shape index (κ3) is 5.35. The van der Waals surface area contributed by atoms with Gasteiger partial charge in [-0.3, -0.25) is 0 Å². The number of carbonyl (C=O) groups is 1. The van der Waals surface area contributed by atoms with Gasteiger partial charge in [0.15, 0.2) is 0 Å². The fraction of sp³-hybridized carbons (Fsp3) is 0.200. The summed E-state index contributed by atoms with van der Waals surface area (Å²) >= 11 is 14.6. The Bertz CT molecular complexity index is 1530. The van der Waals surface area contributed by atoms with Crippen LogP contribution in [0.15, 0.2) is 82.4 Å². The largest absolute Gasteiger partial charge is 0.489 e. The van der Waals surface area contributed by atoms with Crippen LogP contribution >= 0.6 is 35.0 Å². The van der Waals surface area contributed by atoms with Crippen molar-refractivity contribution < 1.29 is 19.2 Å². The van der Waals surface area contributed by atoms with Crippen molar-refractivity contribution in [1.82, 2.24) is 5.16 Å². The normalized spacial score (nSPS) is 16.6. The minimum absolute atomic E-state index is 0.0421. The Morgan fingerprint density at radius 3 is 2.61 bits per heavy atom. The predicted octanol–water partition coefficient (Wildman–Crippen LogP) is 8.62. The molecule has 2 heterocycles. The van der Waals surface area contributed by atoms with Crippen molar-refractivity contribution in [2.75, 3.05) is 0 Å². The number of hydrogen-bond acceptors (Lipinski definition) is 5. The van der Waals surface area contributed by atoms with Crippen molar-refractivity contribution in [3.8, 4) is 17.0 Å². The lowest BCUT2D eigenvalue weighted by Gasteiger charge is -2.19. The van der Waals surface area contributed by atoms with Crippen LogP contribution in [0.2, 0.25) is 10.0 Å². The maximum Gasteiger partial charge on any atom is 0.335 e. The van der Waals surface area contributed by atoms with E-state index in [1.54, 1.807) is 42.1 Å². The number of nitrogens with zero attached hydrogens (tertiary/aromatic N) is 1. The summed E-state index contributed by atoms with van der Waals surface area (Å²) in [5, 5.41) is 14.7. The van der Waals surface area contributed by atoms with Crippen molar-refractivity contribution in [3.63, 3.8) is 0 Å². The number of hydrogen-bond donors (Lipinski definition) is 1. The first-order chi connectivity index (χ1) is 18.2. The molecule has 5 rings (SSSR count). The second kappa shape index (κ2) is 10.9. The van der Waals surface area contributed by atoms with Gasteiger partial charge in [-0.2, -0.15) is 0 Å². The average Bonchev–Trinajstić information content (AvgIpc) is 3.21. The molecule has 5 nitrogen and oxygen atoms in total. The van der Waals surface area contributed by atoms with E-state index >= 15 is 0 Å². The Balaban J connectivity index is 1.39. The SMILES string of the molecule is Cc1cc(OCc2c(-c3c(Cl)cccc3Cl)noc2C(C)C)ccc1C1=CC2=CC(C=C(C(=O)O)C=C2)S1. The van der Waals surface area contributed by atoms with Gasteiger partial charge in [0.25, 0.3) is 0 Å². The second-order valence-electron chi connectivity index (χ2n) is 9.41. The first-order valence-corrected chi connectivity index (χ1v) is 13.7. The van der Waals surface area contributed by atoms with Gasteiger partial charge in [0, 0.05) is 21.6 Å². The van der Waals surface area contributed by atoms with E-state index in [0.717, 1.165) is 32.9 Å². The van der Waals surface area contributed by atoms with Gasteiger partial charge in [0.2, 0.25) is 0 Å². The number of aromatic nitrogens is 1. The molecule has 0 saturated carbocycles. The number of fused-ring (bicyclic) bond motifs is 1. The number of ether oxygens (including phenoxy) is 1. The van der Waals surface area contributed by atoms with Crippen LogP contribution in [-0.2, 0) is 11.4 Å². The van der Waals surface area contributed by atoms with E-state index in [0.29, 0.717) is 32.6 Å². The topological polar surface area (TPSA) is 72.6 Å². The number of allylic oxidation sites excluding steroid dienone is 3. The molecule has 1 atom stereocenters. The molecule has 1 aliphatic carbocycles. The third-order valence-electron chi connectivity index (χ3n) is 6.35. The number of aryl methyl sites for hydroxylation is 1. The Kier molecular flexibility index (Phi) is 7.57. The van der Waals surface area contributed by atoms with Crippen LogP contribution in [-0.4, -0.2) is 21.5 Å². The second-order valence-corrected chi connectivity index (χ2v) is 11.4. The monoisotopic (exact) mass is 565 g/mol. The van der Waals surface area contributed by atoms with Crippen LogP contribution in [0.25, 0.3) is 16.2 Å². The van der Waals surface area contributed by atoms with Crippen LogP contribution in [0, 0.1) is 6.92 Å². The zero-order chi connectivity index (χ0) is 27.0. The average molecular weight is 567 g/mol. The molecule has 0 saturated heterocycles. The highest BCUT2D eigenvalue weighted by atomic mass is 35.5. The molecule has 2 aliphatic rings. The molecule has 0 fully saturated rings. The van der Waals surface area contributed by atoms with Gasteiger partial charge in [0.05, 0.1) is 21.2 Å². The zero-order valence-corrected chi connectivity index (χ0v) is 23.3. The lowest BCUT2D eigenvalue weighted by molar-refractivity contribution is -0.132. The van der Waals surface area contributed by atoms with Crippen molar-refractivity contribution in [1.29, 1.82) is 0 Å². The quantitative estimate of drug-likeness (QED) is 0.309. The summed E-state index contributed by atoms with van der Waals surface area (Å²) in [7, 11) is 0. The first-order valence-electron chi connectivity index (χ1n) is 12.1. The minimum atomic E-state index is -0.920. The molecule has 0 spiro atoms. The van der Waals surface area contributed by atoms with Crippen LogP contribution in [0.1, 0.15) is 42.2 Å². The van der Waals surface area contributed by atoms with E-state index in [-0.39, 0.29) is 17.8 Å². The summed E-state index contributed by atoms with van der Waals surface area (Å²) in [6.07, 6.45) is 9.44. The fourth-order valence-electron chi connectivity index (χ4n) is 4.49. The maximum absolute atomic E-state index is 11.5. The van der Waals surface area contributed by atoms with Gasteiger partial charge < -0.3 is 14.4 Å². The summed E-state index contributed by atoms with van der Waals surface area (Å²) in [5.41, 5.74) is 5.45. The van der Waals surface area contributed by atoms with Gasteiger partial charge in [0.1, 0.15) is 23.8 Å². The maximum atomic E-state index is 11.5. The predicted molar refractivity (Wildman–Crippen MR) is 154 cm³/mol. The molecular weight excluding hydrogens is 541 g/mol. The van der Waals surface area contributed by atoms with Gasteiger partial charge in [-0.05, 0) is 66.1 Å². The molecule has 3 aromatic rings. The Labute approximate surface area is 235 Å². The Morgan fingerprint density at radius 1 is 1.16 bits per heavy atom. The number of thioether (sulfide) groups is 1. The molecule has 1 aliphatic heterocycles. The van der Waals surface area contributed by atoms with Gasteiger partial charge in [-0.1, -0.05) is 66.5 Å². The molecular formula is C30H25Cl2NO4S. The molecule has 1 N–H and O–H groups in total. The molecule has 8 heteroatoms. The summed E-state index contributed by atoms with van der Waals surface area (Å²) in [6.45, 7) is 6.35. The molecule has 2 aromatic carbocycles. The minimum Gasteiger partial charge on any atom is -0.489 e. The lowest BCUT2D eigenvalue weighted by Crippen LogP contribution is -2.04. The van der Waals surface area contributed by atoms with Gasteiger partial charge in [-0.25, -0.2) is 4.79 Å². The summed E-state index contributed by atoms with van der Waals surface area (Å²) in [6, 6.07) is 11.3. The molecule has 2 bridgehead atoms. The van der Waals surface area contributed by atoms with Crippen molar-refractivity contribution in [2.24, 2.45) is 0 Å². The Hall–Kier alpha value is -3.19. The van der Waals surface area contributed by atoms with Crippen LogP contribution in [0.4, 0.5) is 0 Å². The zero-order valence-electron chi connectivity index (χ0n) is 21.0. The van der Waals surface area contributed by atoms with Gasteiger partial charge in [-0.15, -0.1) is 11.8 Å². The van der Waals surface area contributed by atoms with Crippen molar-refractivity contribution in [2.45, 2.75) is 38.5 Å². The highest BCUT2D eigenvalue weighted by molar-refractivity contribution is 8.09. The standard InChI is InChI=1S/C30H25Cl2NO4S/c1-16(2)29-23(28(33-37-29)27-24(31)5-4-6-25(27)32)15-36-20-9-10-22(17(3)11-20)26-13-18-7-8-19(30(34)35)14-21(12-18)38-26/h4-14,16,21H,15H2,1-3H3,(H,34,35). The molecule has 0 amide bonds. The summed E-state index contributed by atoms with van der Waals surface area (Å²) in [4.78, 5) is 12.6. The highest BCUT2D eigenvalue weighted by Crippen LogP contribution is 2.42.